The molecule has 39 heavy (non-hydrogen) atoms. The number of rotatable bonds is 4. The number of ether oxygens (including phenoxy) is 1. The van der Waals surface area contributed by atoms with Gasteiger partial charge in [0, 0.05) is 48.6 Å². The Balaban J connectivity index is 1.27. The van der Waals surface area contributed by atoms with E-state index >= 15 is 0 Å². The van der Waals surface area contributed by atoms with E-state index in [2.05, 4.69) is 20.2 Å². The molecule has 6 rings (SSSR count). The molecule has 0 bridgehead atoms. The lowest BCUT2D eigenvalue weighted by Gasteiger charge is -2.35. The highest BCUT2D eigenvalue weighted by Crippen LogP contribution is 2.53. The Bertz CT molecular complexity index is 1470. The quantitative estimate of drug-likeness (QED) is 0.538. The van der Waals surface area contributed by atoms with Crippen LogP contribution in [0, 0.1) is 6.92 Å². The number of benzene rings is 1. The number of aromatic nitrogens is 3. The number of morpholine rings is 1. The van der Waals surface area contributed by atoms with E-state index in [1.165, 1.54) is 0 Å². The second-order valence-corrected chi connectivity index (χ2v) is 10.0. The number of amides is 2. The first-order chi connectivity index (χ1) is 18.7. The van der Waals surface area contributed by atoms with Crippen molar-refractivity contribution in [2.75, 3.05) is 41.4 Å². The van der Waals surface area contributed by atoms with Gasteiger partial charge in [-0.2, -0.15) is 13.2 Å². The van der Waals surface area contributed by atoms with Gasteiger partial charge >= 0.3 is 6.18 Å². The Labute approximate surface area is 222 Å². The number of pyridine rings is 1. The normalized spacial score (nSPS) is 18.2. The number of anilines is 3. The third-order valence-corrected chi connectivity index (χ3v) is 7.42. The third-order valence-electron chi connectivity index (χ3n) is 7.42. The average Bonchev–Trinajstić information content (AvgIpc) is 3.74. The molecule has 0 atom stereocenters. The van der Waals surface area contributed by atoms with E-state index in [-0.39, 0.29) is 18.0 Å². The van der Waals surface area contributed by atoms with Crippen LogP contribution in [0.15, 0.2) is 42.9 Å². The first-order valence-corrected chi connectivity index (χ1v) is 12.6. The fraction of sp³-hybridized carbons (Fsp3) is 0.370. The summed E-state index contributed by atoms with van der Waals surface area (Å²) in [5, 5.41) is 2.63. The summed E-state index contributed by atoms with van der Waals surface area (Å²) in [5.41, 5.74) is 1.48. The van der Waals surface area contributed by atoms with Crippen LogP contribution in [-0.2, 0) is 27.7 Å². The van der Waals surface area contributed by atoms with Crippen LogP contribution in [0.4, 0.5) is 30.5 Å². The molecule has 0 unspecified atom stereocenters. The van der Waals surface area contributed by atoms with Gasteiger partial charge in [-0.3, -0.25) is 14.6 Å². The molecular formula is C27H25F3N6O3. The van der Waals surface area contributed by atoms with Crippen molar-refractivity contribution in [2.45, 2.75) is 37.9 Å². The lowest BCUT2D eigenvalue weighted by atomic mass is 9.91. The van der Waals surface area contributed by atoms with Crippen molar-refractivity contribution in [1.82, 2.24) is 15.0 Å². The Morgan fingerprint density at radius 2 is 1.87 bits per heavy atom. The van der Waals surface area contributed by atoms with E-state index in [0.717, 1.165) is 29.1 Å². The fourth-order valence-electron chi connectivity index (χ4n) is 5.12. The van der Waals surface area contributed by atoms with E-state index in [1.807, 2.05) is 6.92 Å². The molecule has 2 fully saturated rings. The van der Waals surface area contributed by atoms with Gasteiger partial charge in [0.2, 0.25) is 11.9 Å². The summed E-state index contributed by atoms with van der Waals surface area (Å²) in [6.07, 6.45) is 0.291. The van der Waals surface area contributed by atoms with E-state index in [0.29, 0.717) is 62.7 Å². The minimum atomic E-state index is -4.61. The van der Waals surface area contributed by atoms with E-state index in [1.54, 1.807) is 29.3 Å². The van der Waals surface area contributed by atoms with Crippen LogP contribution < -0.4 is 15.1 Å². The minimum Gasteiger partial charge on any atom is -0.378 e. The molecule has 1 saturated heterocycles. The zero-order chi connectivity index (χ0) is 27.4. The average molecular weight is 539 g/mol. The number of alkyl halides is 3. The Hall–Kier alpha value is -4.06. The smallest absolute Gasteiger partial charge is 0.378 e. The number of carbonyl (C=O) groups excluding carboxylic acids is 2. The van der Waals surface area contributed by atoms with Crippen molar-refractivity contribution in [3.8, 4) is 0 Å². The molecule has 2 aromatic heterocycles. The van der Waals surface area contributed by atoms with Gasteiger partial charge in [-0.05, 0) is 43.5 Å². The number of nitrogens with zero attached hydrogens (tertiary/aromatic N) is 5. The maximum atomic E-state index is 13.8. The van der Waals surface area contributed by atoms with Gasteiger partial charge in [0.1, 0.15) is 0 Å². The molecule has 9 nitrogen and oxygen atoms in total. The Morgan fingerprint density at radius 1 is 1.10 bits per heavy atom. The molecule has 202 valence electrons. The zero-order valence-electron chi connectivity index (χ0n) is 21.1. The summed E-state index contributed by atoms with van der Waals surface area (Å²) < 4.78 is 44.6. The Morgan fingerprint density at radius 3 is 2.59 bits per heavy atom. The minimum absolute atomic E-state index is 0.0599. The van der Waals surface area contributed by atoms with Gasteiger partial charge in [-0.15, -0.1) is 0 Å². The van der Waals surface area contributed by atoms with Gasteiger partial charge < -0.3 is 19.9 Å². The van der Waals surface area contributed by atoms with E-state index < -0.39 is 23.1 Å². The number of nitrogens with one attached hydrogen (secondary N) is 1. The lowest BCUT2D eigenvalue weighted by Crippen LogP contribution is -2.45. The maximum Gasteiger partial charge on any atom is 0.417 e. The first-order valence-electron chi connectivity index (χ1n) is 12.6. The van der Waals surface area contributed by atoms with Gasteiger partial charge in [-0.25, -0.2) is 9.97 Å². The SMILES string of the molecule is Cc1ccc(NC(=O)c2cncc(C(F)(F)F)c2)cc1N1Cc2cnc(N3CCOCC3)nc2C2(CC2)C1=O. The van der Waals surface area contributed by atoms with Crippen LogP contribution in [0.25, 0.3) is 0 Å². The number of hydrogen-bond acceptors (Lipinski definition) is 7. The van der Waals surface area contributed by atoms with Crippen LogP contribution in [0.3, 0.4) is 0 Å². The summed E-state index contributed by atoms with van der Waals surface area (Å²) in [6, 6.07) is 5.82. The summed E-state index contributed by atoms with van der Waals surface area (Å²) >= 11 is 0. The van der Waals surface area contributed by atoms with Crippen LogP contribution in [0.1, 0.15) is 45.6 Å². The second-order valence-electron chi connectivity index (χ2n) is 10.0. The fourth-order valence-corrected chi connectivity index (χ4v) is 5.12. The number of hydrogen-bond donors (Lipinski definition) is 1. The summed E-state index contributed by atoms with van der Waals surface area (Å²) in [7, 11) is 0. The molecule has 3 aromatic rings. The molecule has 2 amide bonds. The van der Waals surface area contributed by atoms with Crippen LogP contribution in [0.5, 0.6) is 0 Å². The van der Waals surface area contributed by atoms with Crippen LogP contribution in [0.2, 0.25) is 0 Å². The molecule has 1 spiro atoms. The van der Waals surface area contributed by atoms with Crippen molar-refractivity contribution in [3.63, 3.8) is 0 Å². The molecule has 12 heteroatoms. The topological polar surface area (TPSA) is 101 Å². The highest BCUT2D eigenvalue weighted by atomic mass is 19.4. The summed E-state index contributed by atoms with van der Waals surface area (Å²) in [6.45, 7) is 4.73. The molecule has 1 N–H and O–H groups in total. The van der Waals surface area contributed by atoms with E-state index in [4.69, 9.17) is 9.72 Å². The number of halogens is 3. The predicted molar refractivity (Wildman–Crippen MR) is 136 cm³/mol. The van der Waals surface area contributed by atoms with Crippen molar-refractivity contribution >= 4 is 29.1 Å². The van der Waals surface area contributed by atoms with E-state index in [9.17, 15) is 22.8 Å². The first kappa shape index (κ1) is 25.2. The molecule has 1 aliphatic carbocycles. The number of fused-ring (bicyclic) bond motifs is 2. The molecule has 1 aromatic carbocycles. The predicted octanol–water partition coefficient (Wildman–Crippen LogP) is 3.87. The summed E-state index contributed by atoms with van der Waals surface area (Å²) in [4.78, 5) is 43.3. The maximum absolute atomic E-state index is 13.8. The molecule has 1 saturated carbocycles. The number of carbonyl (C=O) groups is 2. The monoisotopic (exact) mass is 538 g/mol. The van der Waals surface area contributed by atoms with Crippen LogP contribution >= 0.6 is 0 Å². The molecule has 3 aliphatic rings. The van der Waals surface area contributed by atoms with Crippen molar-refractivity contribution < 1.29 is 27.5 Å². The van der Waals surface area contributed by atoms with Crippen molar-refractivity contribution in [2.24, 2.45) is 0 Å². The highest BCUT2D eigenvalue weighted by molar-refractivity contribution is 6.07. The second kappa shape index (κ2) is 9.30. The van der Waals surface area contributed by atoms with Crippen molar-refractivity contribution in [1.29, 1.82) is 0 Å². The van der Waals surface area contributed by atoms with Crippen LogP contribution in [-0.4, -0.2) is 53.1 Å². The largest absolute Gasteiger partial charge is 0.417 e. The van der Waals surface area contributed by atoms with Gasteiger partial charge in [-0.1, -0.05) is 6.07 Å². The standard InChI is InChI=1S/C27H25F3N6O3/c1-16-2-3-20(33-23(37)17-10-19(14-31-12-17)27(28,29)30)11-21(16)36-15-18-13-32-25(35-6-8-39-9-7-35)34-22(18)26(4-5-26)24(36)38/h2-3,10-14H,4-9,15H2,1H3,(H,33,37). The number of aryl methyl sites for hydroxylation is 1. The summed E-state index contributed by atoms with van der Waals surface area (Å²) in [5.74, 6) is -0.189. The zero-order valence-corrected chi connectivity index (χ0v) is 21.1. The van der Waals surface area contributed by atoms with Gasteiger partial charge in [0.05, 0.1) is 42.0 Å². The van der Waals surface area contributed by atoms with Gasteiger partial charge in [0.15, 0.2) is 0 Å². The van der Waals surface area contributed by atoms with Crippen molar-refractivity contribution in [3.05, 3.63) is 70.8 Å². The highest BCUT2D eigenvalue weighted by Gasteiger charge is 2.58. The lowest BCUT2D eigenvalue weighted by molar-refractivity contribution is -0.137. The third kappa shape index (κ3) is 4.58. The molecule has 0 radical (unpaired) electrons. The van der Waals surface area contributed by atoms with Gasteiger partial charge in [0.25, 0.3) is 5.91 Å². The molecule has 2 aliphatic heterocycles. The molecular weight excluding hydrogens is 513 g/mol. The molecule has 4 heterocycles. The Kier molecular flexibility index (Phi) is 6.01.